The molecule has 0 spiro atoms. The van der Waals surface area contributed by atoms with E-state index in [9.17, 15) is 14.7 Å². The van der Waals surface area contributed by atoms with E-state index in [2.05, 4.69) is 27.2 Å². The summed E-state index contributed by atoms with van der Waals surface area (Å²) in [5, 5.41) is 12.3. The summed E-state index contributed by atoms with van der Waals surface area (Å²) >= 11 is 0. The lowest BCUT2D eigenvalue weighted by molar-refractivity contribution is -0.136. The number of aliphatic hydroxyl groups excluding tert-OH is 1. The molecule has 0 unspecified atom stereocenters. The number of anilines is 3. The zero-order valence-electron chi connectivity index (χ0n) is 19.5. The highest BCUT2D eigenvalue weighted by Gasteiger charge is 2.34. The fourth-order valence-electron chi connectivity index (χ4n) is 4.26. The summed E-state index contributed by atoms with van der Waals surface area (Å²) in [5.74, 6) is -0.0261. The highest BCUT2D eigenvalue weighted by atomic mass is 16.5. The molecule has 2 N–H and O–H groups in total. The first-order valence-electron chi connectivity index (χ1n) is 11.3. The van der Waals surface area contributed by atoms with Crippen molar-refractivity contribution in [3.05, 3.63) is 59.8 Å². The average molecular weight is 467 g/mol. The second-order valence-electron chi connectivity index (χ2n) is 8.14. The van der Waals surface area contributed by atoms with Gasteiger partial charge < -0.3 is 34.6 Å². The van der Waals surface area contributed by atoms with Crippen molar-refractivity contribution in [3.8, 4) is 5.75 Å². The average Bonchev–Trinajstić information content (AvgIpc) is 3.19. The first-order valence-corrected chi connectivity index (χ1v) is 11.3. The molecule has 4 rings (SSSR count). The van der Waals surface area contributed by atoms with Crippen molar-refractivity contribution >= 4 is 28.9 Å². The molecule has 2 aliphatic heterocycles. The van der Waals surface area contributed by atoms with Gasteiger partial charge in [0.1, 0.15) is 11.4 Å². The lowest BCUT2D eigenvalue weighted by Crippen LogP contribution is -2.46. The molecule has 0 saturated carbocycles. The summed E-state index contributed by atoms with van der Waals surface area (Å²) in [6, 6.07) is 15.9. The third kappa shape index (κ3) is 4.94. The third-order valence-electron chi connectivity index (χ3n) is 6.17. The van der Waals surface area contributed by atoms with Gasteiger partial charge in [0.2, 0.25) is 0 Å². The third-order valence-corrected chi connectivity index (χ3v) is 6.17. The number of nitrogens with zero attached hydrogens (tertiary/aromatic N) is 3. The van der Waals surface area contributed by atoms with Crippen LogP contribution in [0.5, 0.6) is 5.75 Å². The number of carbonyl (C=O) groups is 2. The minimum Gasteiger partial charge on any atom is -0.497 e. The Kier molecular flexibility index (Phi) is 7.22. The van der Waals surface area contributed by atoms with E-state index in [4.69, 9.17) is 9.47 Å². The van der Waals surface area contributed by atoms with Gasteiger partial charge in [-0.05, 0) is 48.5 Å². The van der Waals surface area contributed by atoms with E-state index < -0.39 is 5.97 Å². The predicted octanol–water partition coefficient (Wildman–Crippen LogP) is 1.70. The highest BCUT2D eigenvalue weighted by molar-refractivity contribution is 6.08. The van der Waals surface area contributed by atoms with E-state index >= 15 is 0 Å². The second-order valence-corrected chi connectivity index (χ2v) is 8.14. The molecule has 0 aromatic heterocycles. The molecule has 2 aliphatic rings. The van der Waals surface area contributed by atoms with Gasteiger partial charge in [0.25, 0.3) is 5.91 Å². The van der Waals surface area contributed by atoms with Crippen molar-refractivity contribution in [2.75, 3.05) is 75.2 Å². The predicted molar refractivity (Wildman–Crippen MR) is 130 cm³/mol. The summed E-state index contributed by atoms with van der Waals surface area (Å²) in [7, 11) is 2.95. The van der Waals surface area contributed by atoms with Crippen LogP contribution in [-0.4, -0.2) is 82.0 Å². The molecule has 1 amide bonds. The Bertz CT molecular complexity index is 1040. The van der Waals surface area contributed by atoms with Crippen LogP contribution in [0.2, 0.25) is 0 Å². The first kappa shape index (κ1) is 23.4. The number of β-amino-alcohol motifs (C(OH)–C–C–N with tert-alkyl or cyclic N) is 1. The maximum atomic E-state index is 12.7. The van der Waals surface area contributed by atoms with Gasteiger partial charge in [-0.15, -0.1) is 0 Å². The van der Waals surface area contributed by atoms with E-state index in [1.165, 1.54) is 17.7 Å². The van der Waals surface area contributed by atoms with Crippen molar-refractivity contribution in [1.82, 2.24) is 4.90 Å². The van der Waals surface area contributed by atoms with Crippen molar-refractivity contribution in [1.29, 1.82) is 0 Å². The van der Waals surface area contributed by atoms with E-state index in [1.807, 2.05) is 36.4 Å². The Morgan fingerprint density at radius 2 is 1.50 bits per heavy atom. The summed E-state index contributed by atoms with van der Waals surface area (Å²) in [5.41, 5.74) is 3.45. The molecule has 9 heteroatoms. The van der Waals surface area contributed by atoms with Gasteiger partial charge in [-0.3, -0.25) is 4.79 Å². The summed E-state index contributed by atoms with van der Waals surface area (Å²) in [6.45, 7) is 3.72. The Hall–Kier alpha value is -3.72. The Balaban J connectivity index is 1.39. The lowest BCUT2D eigenvalue weighted by Gasteiger charge is -2.37. The molecule has 0 aliphatic carbocycles. The minimum atomic E-state index is -0.553. The SMILES string of the molecule is COC(=O)C1=C(Nc2ccc(N3CCN(c4ccc(OC)cc4)CC3)cc2)C(=O)N(CCO)C1. The topological polar surface area (TPSA) is 94.6 Å². The van der Waals surface area contributed by atoms with Gasteiger partial charge in [0.05, 0.1) is 32.9 Å². The van der Waals surface area contributed by atoms with Crippen molar-refractivity contribution in [2.24, 2.45) is 0 Å². The minimum absolute atomic E-state index is 0.116. The number of carbonyl (C=O) groups excluding carboxylic acids is 2. The number of ether oxygens (including phenoxy) is 2. The van der Waals surface area contributed by atoms with E-state index in [-0.39, 0.29) is 36.9 Å². The molecule has 180 valence electrons. The maximum Gasteiger partial charge on any atom is 0.337 e. The quantitative estimate of drug-likeness (QED) is 0.568. The highest BCUT2D eigenvalue weighted by Crippen LogP contribution is 2.26. The zero-order valence-corrected chi connectivity index (χ0v) is 19.5. The van der Waals surface area contributed by atoms with Crippen LogP contribution in [0.4, 0.5) is 17.1 Å². The number of hydrogen-bond acceptors (Lipinski definition) is 8. The van der Waals surface area contributed by atoms with Crippen LogP contribution in [0, 0.1) is 0 Å². The van der Waals surface area contributed by atoms with Gasteiger partial charge in [-0.2, -0.15) is 0 Å². The van der Waals surface area contributed by atoms with Gasteiger partial charge in [-0.25, -0.2) is 4.79 Å². The number of piperazine rings is 1. The van der Waals surface area contributed by atoms with Crippen molar-refractivity contribution in [3.63, 3.8) is 0 Å². The van der Waals surface area contributed by atoms with Crippen LogP contribution in [-0.2, 0) is 14.3 Å². The number of benzene rings is 2. The standard InChI is InChI=1S/C25H30N4O5/c1-33-21-9-7-20(8-10-21)28-13-11-27(12-14-28)19-5-3-18(4-6-19)26-23-22(25(32)34-2)17-29(15-16-30)24(23)31/h3-10,26,30H,11-17H2,1-2H3. The van der Waals surface area contributed by atoms with Gasteiger partial charge >= 0.3 is 5.97 Å². The molecule has 0 radical (unpaired) electrons. The van der Waals surface area contributed by atoms with Gasteiger partial charge in [0.15, 0.2) is 0 Å². The number of aliphatic hydroxyl groups is 1. The number of amides is 1. The molecule has 9 nitrogen and oxygen atoms in total. The lowest BCUT2D eigenvalue weighted by atomic mass is 10.2. The normalized spacial score (nSPS) is 16.2. The molecule has 0 bridgehead atoms. The number of hydrogen-bond donors (Lipinski definition) is 2. The van der Waals surface area contributed by atoms with E-state index in [0.717, 1.165) is 37.6 Å². The molecule has 2 aromatic carbocycles. The van der Waals surface area contributed by atoms with Crippen LogP contribution in [0.25, 0.3) is 0 Å². The molecule has 2 aromatic rings. The second kappa shape index (κ2) is 10.5. The molecular weight excluding hydrogens is 436 g/mol. The van der Waals surface area contributed by atoms with Crippen molar-refractivity contribution < 1.29 is 24.2 Å². The molecule has 0 atom stereocenters. The Morgan fingerprint density at radius 1 is 0.941 bits per heavy atom. The fourth-order valence-corrected chi connectivity index (χ4v) is 4.26. The summed E-state index contributed by atoms with van der Waals surface area (Å²) < 4.78 is 10.1. The van der Waals surface area contributed by atoms with Crippen LogP contribution in [0.15, 0.2) is 59.8 Å². The largest absolute Gasteiger partial charge is 0.497 e. The smallest absolute Gasteiger partial charge is 0.337 e. The number of nitrogens with one attached hydrogen (secondary N) is 1. The molecule has 1 fully saturated rings. The summed E-state index contributed by atoms with van der Waals surface area (Å²) in [4.78, 5) is 31.0. The van der Waals surface area contributed by atoms with Crippen LogP contribution >= 0.6 is 0 Å². The Labute approximate surface area is 199 Å². The van der Waals surface area contributed by atoms with E-state index in [0.29, 0.717) is 5.69 Å². The number of esters is 1. The number of rotatable bonds is 8. The number of methoxy groups -OCH3 is 2. The monoisotopic (exact) mass is 466 g/mol. The van der Waals surface area contributed by atoms with Crippen LogP contribution in [0.1, 0.15) is 0 Å². The van der Waals surface area contributed by atoms with Crippen LogP contribution < -0.4 is 19.9 Å². The van der Waals surface area contributed by atoms with Gasteiger partial charge in [0, 0.05) is 49.8 Å². The fraction of sp³-hybridized carbons (Fsp3) is 0.360. The molecule has 1 saturated heterocycles. The maximum absolute atomic E-state index is 12.7. The zero-order chi connectivity index (χ0) is 24.1. The van der Waals surface area contributed by atoms with Crippen molar-refractivity contribution in [2.45, 2.75) is 0 Å². The first-order chi connectivity index (χ1) is 16.5. The molecule has 34 heavy (non-hydrogen) atoms. The van der Waals surface area contributed by atoms with Crippen LogP contribution in [0.3, 0.4) is 0 Å². The van der Waals surface area contributed by atoms with Gasteiger partial charge in [-0.1, -0.05) is 0 Å². The molecular formula is C25H30N4O5. The molecule has 2 heterocycles. The van der Waals surface area contributed by atoms with E-state index in [1.54, 1.807) is 7.11 Å². The Morgan fingerprint density at radius 3 is 2.00 bits per heavy atom. The summed E-state index contributed by atoms with van der Waals surface area (Å²) in [6.07, 6.45) is 0.